The zero-order chi connectivity index (χ0) is 23.2. The summed E-state index contributed by atoms with van der Waals surface area (Å²) in [7, 11) is -1.92. The average molecular weight is 487 g/mol. The molecule has 0 spiro atoms. The van der Waals surface area contributed by atoms with Gasteiger partial charge in [-0.05, 0) is 43.0 Å². The molecule has 2 aliphatic rings. The van der Waals surface area contributed by atoms with Crippen molar-refractivity contribution in [3.05, 3.63) is 64.8 Å². The van der Waals surface area contributed by atoms with E-state index in [4.69, 9.17) is 21.4 Å². The zero-order valence-corrected chi connectivity index (χ0v) is 20.3. The molecule has 2 aromatic carbocycles. The van der Waals surface area contributed by atoms with E-state index in [1.807, 2.05) is 53.2 Å². The quantitative estimate of drug-likeness (QED) is 0.532. The summed E-state index contributed by atoms with van der Waals surface area (Å²) in [5, 5.41) is 5.51. The van der Waals surface area contributed by atoms with E-state index in [1.54, 1.807) is 15.7 Å². The third-order valence-electron chi connectivity index (χ3n) is 6.55. The minimum atomic E-state index is -3.55. The molecular formula is C24H27ClN4O3S. The predicted octanol–water partition coefficient (Wildman–Crippen LogP) is 4.49. The van der Waals surface area contributed by atoms with Gasteiger partial charge in [-0.3, -0.25) is 0 Å². The molecule has 0 amide bonds. The van der Waals surface area contributed by atoms with Gasteiger partial charge in [0.2, 0.25) is 0 Å². The maximum Gasteiger partial charge on any atom is 0.282 e. The molecule has 0 radical (unpaired) electrons. The Morgan fingerprint density at radius 2 is 1.70 bits per heavy atom. The maximum absolute atomic E-state index is 13.4. The molecule has 0 N–H and O–H groups in total. The normalized spacial score (nSPS) is 17.9. The van der Waals surface area contributed by atoms with Crippen molar-refractivity contribution in [3.8, 4) is 22.7 Å². The van der Waals surface area contributed by atoms with Gasteiger partial charge in [0, 0.05) is 35.8 Å². The Balaban J connectivity index is 1.56. The summed E-state index contributed by atoms with van der Waals surface area (Å²) >= 11 is 6.14. The molecule has 1 aromatic heterocycles. The van der Waals surface area contributed by atoms with Crippen LogP contribution in [-0.2, 0) is 23.3 Å². The lowest BCUT2D eigenvalue weighted by molar-refractivity contribution is 0.264. The van der Waals surface area contributed by atoms with E-state index in [0.29, 0.717) is 29.8 Å². The number of halogens is 1. The number of aromatic nitrogens is 2. The van der Waals surface area contributed by atoms with Crippen LogP contribution < -0.4 is 4.74 Å². The predicted molar refractivity (Wildman–Crippen MR) is 129 cm³/mol. The van der Waals surface area contributed by atoms with E-state index in [2.05, 4.69) is 6.92 Å². The number of fused-ring (bicyclic) bond motifs is 1. The molecule has 9 heteroatoms. The summed E-state index contributed by atoms with van der Waals surface area (Å²) in [4.78, 5) is 0. The molecule has 0 unspecified atom stereocenters. The lowest BCUT2D eigenvalue weighted by atomic mass is 10.0. The Morgan fingerprint density at radius 1 is 1.00 bits per heavy atom. The fourth-order valence-corrected chi connectivity index (χ4v) is 6.32. The summed E-state index contributed by atoms with van der Waals surface area (Å²) in [5.74, 6) is 1.26. The van der Waals surface area contributed by atoms with Gasteiger partial charge in [0.05, 0.1) is 25.0 Å². The van der Waals surface area contributed by atoms with Crippen LogP contribution in [-0.4, -0.2) is 47.0 Å². The van der Waals surface area contributed by atoms with Gasteiger partial charge >= 0.3 is 0 Å². The maximum atomic E-state index is 13.4. The molecule has 3 heterocycles. The van der Waals surface area contributed by atoms with Crippen LogP contribution in [0.3, 0.4) is 0 Å². The first-order chi connectivity index (χ1) is 15.9. The number of para-hydroxylation sites is 2. The molecule has 5 rings (SSSR count). The summed E-state index contributed by atoms with van der Waals surface area (Å²) < 4.78 is 37.4. The fourth-order valence-electron chi connectivity index (χ4n) is 4.61. The number of benzene rings is 2. The third kappa shape index (κ3) is 4.05. The van der Waals surface area contributed by atoms with Crippen LogP contribution in [0.15, 0.2) is 48.5 Å². The molecule has 3 aromatic rings. The average Bonchev–Trinajstić information content (AvgIpc) is 3.39. The first-order valence-electron chi connectivity index (χ1n) is 11.1. The van der Waals surface area contributed by atoms with E-state index < -0.39 is 10.2 Å². The highest BCUT2D eigenvalue weighted by Crippen LogP contribution is 2.38. The third-order valence-corrected chi connectivity index (χ3v) is 8.73. The number of piperidine rings is 1. The van der Waals surface area contributed by atoms with Crippen LogP contribution in [0.2, 0.25) is 5.02 Å². The molecule has 7 nitrogen and oxygen atoms in total. The second-order valence-corrected chi connectivity index (χ2v) is 11.1. The smallest absolute Gasteiger partial charge is 0.282 e. The molecule has 33 heavy (non-hydrogen) atoms. The van der Waals surface area contributed by atoms with Crippen LogP contribution in [0.4, 0.5) is 0 Å². The highest BCUT2D eigenvalue weighted by atomic mass is 35.5. The highest BCUT2D eigenvalue weighted by molar-refractivity contribution is 7.86. The molecule has 0 aliphatic carbocycles. The van der Waals surface area contributed by atoms with Gasteiger partial charge < -0.3 is 4.74 Å². The first-order valence-corrected chi connectivity index (χ1v) is 12.9. The van der Waals surface area contributed by atoms with E-state index in [1.165, 1.54) is 0 Å². The number of ether oxygens (including phenoxy) is 1. The van der Waals surface area contributed by atoms with Crippen LogP contribution in [0.5, 0.6) is 5.75 Å². The monoisotopic (exact) mass is 486 g/mol. The van der Waals surface area contributed by atoms with Gasteiger partial charge in [-0.15, -0.1) is 0 Å². The van der Waals surface area contributed by atoms with Crippen molar-refractivity contribution in [1.82, 2.24) is 18.4 Å². The molecule has 174 valence electrons. The van der Waals surface area contributed by atoms with Crippen molar-refractivity contribution in [2.24, 2.45) is 5.92 Å². The molecule has 1 fully saturated rings. The van der Waals surface area contributed by atoms with E-state index in [0.717, 1.165) is 41.0 Å². The first kappa shape index (κ1) is 22.4. The highest BCUT2D eigenvalue weighted by Gasteiger charge is 2.39. The number of hydrogen-bond acceptors (Lipinski definition) is 4. The van der Waals surface area contributed by atoms with E-state index in [9.17, 15) is 8.42 Å². The van der Waals surface area contributed by atoms with E-state index >= 15 is 0 Å². The minimum absolute atomic E-state index is 0.256. The summed E-state index contributed by atoms with van der Waals surface area (Å²) in [6, 6.07) is 15.2. The van der Waals surface area contributed by atoms with Crippen LogP contribution in [0.1, 0.15) is 31.0 Å². The SMILES string of the molecule is COc1ccccc1-n1nc2c(c1-c1ccc(Cl)cc1)CN(S(=O)(=O)N1CCC(C)CC1)C2. The molecule has 1 saturated heterocycles. The van der Waals surface area contributed by atoms with Crippen molar-refractivity contribution in [2.45, 2.75) is 32.9 Å². The Labute approximate surface area is 199 Å². The lowest BCUT2D eigenvalue weighted by Gasteiger charge is -2.32. The van der Waals surface area contributed by atoms with Crippen molar-refractivity contribution in [1.29, 1.82) is 0 Å². The fraction of sp³-hybridized carbons (Fsp3) is 0.375. The van der Waals surface area contributed by atoms with Gasteiger partial charge in [0.1, 0.15) is 11.4 Å². The Morgan fingerprint density at radius 3 is 2.39 bits per heavy atom. The minimum Gasteiger partial charge on any atom is -0.494 e. The molecule has 0 atom stereocenters. The van der Waals surface area contributed by atoms with Crippen molar-refractivity contribution in [3.63, 3.8) is 0 Å². The summed E-state index contributed by atoms with van der Waals surface area (Å²) in [6.07, 6.45) is 1.79. The number of nitrogens with zero attached hydrogens (tertiary/aromatic N) is 4. The van der Waals surface area contributed by atoms with Gasteiger partial charge in [0.15, 0.2) is 0 Å². The second-order valence-electron chi connectivity index (χ2n) is 8.72. The number of methoxy groups -OCH3 is 1. The summed E-state index contributed by atoms with van der Waals surface area (Å²) in [5.41, 5.74) is 4.26. The molecule has 0 bridgehead atoms. The topological polar surface area (TPSA) is 67.7 Å². The van der Waals surface area contributed by atoms with Gasteiger partial charge in [-0.2, -0.15) is 22.1 Å². The second kappa shape index (κ2) is 8.76. The summed E-state index contributed by atoms with van der Waals surface area (Å²) in [6.45, 7) is 3.86. The Hall–Kier alpha value is -2.39. The zero-order valence-electron chi connectivity index (χ0n) is 18.7. The Kier molecular flexibility index (Phi) is 5.95. The molecular weight excluding hydrogens is 460 g/mol. The van der Waals surface area contributed by atoms with Crippen LogP contribution >= 0.6 is 11.6 Å². The number of rotatable bonds is 5. The van der Waals surface area contributed by atoms with Crippen LogP contribution in [0.25, 0.3) is 16.9 Å². The standard InChI is InChI=1S/C24H27ClN4O3S/c1-17-11-13-27(14-12-17)33(30,31)28-15-20-21(16-28)26-29(22-5-3-4-6-23(22)32-2)24(20)18-7-9-19(25)10-8-18/h3-10,17H,11-16H2,1-2H3. The van der Waals surface area contributed by atoms with Gasteiger partial charge in [-0.1, -0.05) is 42.8 Å². The van der Waals surface area contributed by atoms with Crippen molar-refractivity contribution >= 4 is 21.8 Å². The molecule has 0 saturated carbocycles. The van der Waals surface area contributed by atoms with Crippen molar-refractivity contribution in [2.75, 3.05) is 20.2 Å². The van der Waals surface area contributed by atoms with Crippen molar-refractivity contribution < 1.29 is 13.2 Å². The number of hydrogen-bond donors (Lipinski definition) is 0. The molecule has 2 aliphatic heterocycles. The Bertz CT molecular complexity index is 1270. The van der Waals surface area contributed by atoms with Gasteiger partial charge in [-0.25, -0.2) is 4.68 Å². The van der Waals surface area contributed by atoms with Gasteiger partial charge in [0.25, 0.3) is 10.2 Å². The van der Waals surface area contributed by atoms with E-state index in [-0.39, 0.29) is 13.1 Å². The largest absolute Gasteiger partial charge is 0.494 e. The lowest BCUT2D eigenvalue weighted by Crippen LogP contribution is -2.45. The van der Waals surface area contributed by atoms with Crippen LogP contribution in [0, 0.1) is 5.92 Å².